The van der Waals surface area contributed by atoms with Crippen LogP contribution in [0.1, 0.15) is 5.56 Å². The topological polar surface area (TPSA) is 155 Å². The first-order chi connectivity index (χ1) is 12.4. The summed E-state index contributed by atoms with van der Waals surface area (Å²) >= 11 is 0. The lowest BCUT2D eigenvalue weighted by Gasteiger charge is -2.41. The lowest BCUT2D eigenvalue weighted by Crippen LogP contribution is -2.64. The summed E-state index contributed by atoms with van der Waals surface area (Å²) in [6.45, 7) is -0.580. The molecule has 2 aromatic rings. The van der Waals surface area contributed by atoms with Crippen molar-refractivity contribution in [3.63, 3.8) is 0 Å². The number of para-hydroxylation sites is 1. The Morgan fingerprint density at radius 1 is 1.19 bits per heavy atom. The van der Waals surface area contributed by atoms with Crippen LogP contribution in [0.2, 0.25) is 0 Å². The third kappa shape index (κ3) is 3.58. The van der Waals surface area contributed by atoms with E-state index in [-0.39, 0.29) is 6.42 Å². The molecule has 1 aliphatic rings. The van der Waals surface area contributed by atoms with Crippen molar-refractivity contribution in [3.05, 3.63) is 36.0 Å². The number of nitrogens with one attached hydrogen (secondary N) is 2. The molecule has 1 unspecified atom stereocenters. The average molecular weight is 366 g/mol. The van der Waals surface area contributed by atoms with E-state index < -0.39 is 49.3 Å². The molecule has 1 saturated heterocycles. The van der Waals surface area contributed by atoms with Crippen LogP contribution >= 0.6 is 0 Å². The molecule has 1 fully saturated rings. The van der Waals surface area contributed by atoms with Crippen molar-refractivity contribution in [2.24, 2.45) is 0 Å². The summed E-state index contributed by atoms with van der Waals surface area (Å²) in [6.07, 6.45) is -5.14. The lowest BCUT2D eigenvalue weighted by molar-refractivity contribution is -0.238. The second-order valence-electron chi connectivity index (χ2n) is 6.37. The molecule has 1 aromatic heterocycles. The Bertz CT molecular complexity index is 762. The van der Waals surface area contributed by atoms with Crippen molar-refractivity contribution in [3.8, 4) is 0 Å². The molecule has 0 bridgehead atoms. The molecule has 1 aliphatic heterocycles. The Kier molecular flexibility index (Phi) is 5.56. The minimum atomic E-state index is -1.57. The number of fused-ring (bicyclic) bond motifs is 1. The molecule has 0 aliphatic carbocycles. The van der Waals surface area contributed by atoms with Crippen molar-refractivity contribution in [1.82, 2.24) is 10.3 Å². The molecule has 0 spiro atoms. The number of H-pyrrole nitrogens is 1. The maximum absolute atomic E-state index is 11.7. The Morgan fingerprint density at radius 3 is 2.62 bits per heavy atom. The summed E-state index contributed by atoms with van der Waals surface area (Å²) in [5, 5.41) is 52.0. The highest BCUT2D eigenvalue weighted by Gasteiger charge is 2.44. The second-order valence-corrected chi connectivity index (χ2v) is 6.37. The fraction of sp³-hybridized carbons (Fsp3) is 0.471. The third-order valence-corrected chi connectivity index (χ3v) is 4.65. The van der Waals surface area contributed by atoms with E-state index in [9.17, 15) is 30.3 Å². The van der Waals surface area contributed by atoms with E-state index >= 15 is 0 Å². The highest BCUT2D eigenvalue weighted by Crippen LogP contribution is 2.22. The van der Waals surface area contributed by atoms with Crippen LogP contribution in [-0.2, 0) is 16.0 Å². The van der Waals surface area contributed by atoms with E-state index in [2.05, 4.69) is 10.3 Å². The van der Waals surface area contributed by atoms with Gasteiger partial charge in [-0.2, -0.15) is 0 Å². The van der Waals surface area contributed by atoms with Crippen LogP contribution in [0.25, 0.3) is 10.9 Å². The molecule has 9 heteroatoms. The molecule has 3 rings (SSSR count). The number of aromatic nitrogens is 1. The van der Waals surface area contributed by atoms with Gasteiger partial charge in [-0.1, -0.05) is 18.2 Å². The first kappa shape index (κ1) is 18.8. The van der Waals surface area contributed by atoms with Gasteiger partial charge in [-0.3, -0.25) is 10.1 Å². The summed E-state index contributed by atoms with van der Waals surface area (Å²) in [4.78, 5) is 14.7. The highest BCUT2D eigenvalue weighted by atomic mass is 16.6. The van der Waals surface area contributed by atoms with Crippen LogP contribution in [0.3, 0.4) is 0 Å². The van der Waals surface area contributed by atoms with E-state index in [0.29, 0.717) is 0 Å². The molecule has 2 heterocycles. The molecule has 6 atom stereocenters. The molecule has 0 saturated carbocycles. The Morgan fingerprint density at radius 2 is 1.92 bits per heavy atom. The zero-order valence-corrected chi connectivity index (χ0v) is 13.8. The minimum absolute atomic E-state index is 0.106. The monoisotopic (exact) mass is 366 g/mol. The number of hydrogen-bond acceptors (Lipinski definition) is 7. The smallest absolute Gasteiger partial charge is 0.321 e. The number of rotatable bonds is 6. The van der Waals surface area contributed by atoms with Crippen LogP contribution in [0, 0.1) is 0 Å². The predicted molar refractivity (Wildman–Crippen MR) is 90.3 cm³/mol. The molecule has 0 radical (unpaired) electrons. The van der Waals surface area contributed by atoms with Crippen LogP contribution in [0.5, 0.6) is 0 Å². The highest BCUT2D eigenvalue weighted by molar-refractivity contribution is 5.84. The van der Waals surface area contributed by atoms with Crippen molar-refractivity contribution in [2.45, 2.75) is 43.1 Å². The van der Waals surface area contributed by atoms with Crippen molar-refractivity contribution >= 4 is 16.9 Å². The number of aliphatic carboxylic acids is 1. The van der Waals surface area contributed by atoms with E-state index in [1.54, 1.807) is 6.20 Å². The lowest BCUT2D eigenvalue weighted by atomic mass is 9.97. The average Bonchev–Trinajstić information content (AvgIpc) is 3.04. The number of carboxylic acid groups (broad SMARTS) is 1. The van der Waals surface area contributed by atoms with Crippen LogP contribution in [0.15, 0.2) is 30.5 Å². The maximum atomic E-state index is 11.7. The Hall–Kier alpha value is -2.01. The zero-order valence-electron chi connectivity index (χ0n) is 13.8. The zero-order chi connectivity index (χ0) is 18.8. The summed E-state index contributed by atoms with van der Waals surface area (Å²) in [5.74, 6) is -1.16. The standard InChI is InChI=1S/C17H22N2O7/c20-7-12-13(21)14(22)15(23)16(26-12)19-11(17(24)25)5-8-6-18-10-4-2-1-3-9(8)10/h1-4,6,11-16,18-23H,5,7H2,(H,24,25)/t11-,12+,13+,14-,15-,16?/m0/s1. The van der Waals surface area contributed by atoms with Gasteiger partial charge in [0.15, 0.2) is 0 Å². The van der Waals surface area contributed by atoms with E-state index in [1.807, 2.05) is 24.3 Å². The van der Waals surface area contributed by atoms with Crippen molar-refractivity contribution in [1.29, 1.82) is 0 Å². The van der Waals surface area contributed by atoms with Gasteiger partial charge in [0.2, 0.25) is 0 Å². The van der Waals surface area contributed by atoms with Gasteiger partial charge in [-0.15, -0.1) is 0 Å². The van der Waals surface area contributed by atoms with Crippen molar-refractivity contribution in [2.75, 3.05) is 6.61 Å². The van der Waals surface area contributed by atoms with E-state index in [4.69, 9.17) is 4.74 Å². The van der Waals surface area contributed by atoms with Gasteiger partial charge in [-0.25, -0.2) is 0 Å². The van der Waals surface area contributed by atoms with Crippen LogP contribution in [0.4, 0.5) is 0 Å². The number of aliphatic hydroxyl groups is 4. The largest absolute Gasteiger partial charge is 0.480 e. The van der Waals surface area contributed by atoms with Gasteiger partial charge < -0.3 is 35.3 Å². The number of benzene rings is 1. The van der Waals surface area contributed by atoms with Gasteiger partial charge >= 0.3 is 5.97 Å². The van der Waals surface area contributed by atoms with E-state index in [1.165, 1.54) is 0 Å². The first-order valence-corrected chi connectivity index (χ1v) is 8.26. The van der Waals surface area contributed by atoms with Gasteiger partial charge in [-0.05, 0) is 11.6 Å². The fourth-order valence-electron chi connectivity index (χ4n) is 3.18. The van der Waals surface area contributed by atoms with Gasteiger partial charge in [0.1, 0.15) is 36.7 Å². The van der Waals surface area contributed by atoms with Gasteiger partial charge in [0.05, 0.1) is 6.61 Å². The molecular formula is C17H22N2O7. The normalized spacial score (nSPS) is 30.4. The quantitative estimate of drug-likeness (QED) is 0.328. The number of aromatic amines is 1. The molecular weight excluding hydrogens is 344 g/mol. The first-order valence-electron chi connectivity index (χ1n) is 8.26. The SMILES string of the molecule is O=C(O)[C@H](Cc1c[nH]c2ccccc12)NC1O[C@H](CO)[C@@H](O)[C@H](O)[C@@H]1O. The van der Waals surface area contributed by atoms with Gasteiger partial charge in [0.25, 0.3) is 0 Å². The van der Waals surface area contributed by atoms with Gasteiger partial charge in [0, 0.05) is 23.5 Å². The number of carboxylic acids is 1. The van der Waals surface area contributed by atoms with E-state index in [0.717, 1.165) is 16.5 Å². The van der Waals surface area contributed by atoms with Crippen LogP contribution < -0.4 is 5.32 Å². The maximum Gasteiger partial charge on any atom is 0.321 e. The van der Waals surface area contributed by atoms with Crippen LogP contribution in [-0.4, -0.2) is 79.8 Å². The number of hydrogen-bond donors (Lipinski definition) is 7. The molecule has 1 aromatic carbocycles. The summed E-state index contributed by atoms with van der Waals surface area (Å²) in [6, 6.07) is 6.34. The second kappa shape index (κ2) is 7.70. The summed E-state index contributed by atoms with van der Waals surface area (Å²) in [7, 11) is 0. The number of aliphatic hydroxyl groups excluding tert-OH is 4. The number of carbonyl (C=O) groups is 1. The molecule has 7 N–H and O–H groups in total. The fourth-order valence-corrected chi connectivity index (χ4v) is 3.18. The Balaban J connectivity index is 1.77. The number of ether oxygens (including phenoxy) is 1. The molecule has 142 valence electrons. The summed E-state index contributed by atoms with van der Waals surface area (Å²) in [5.41, 5.74) is 1.64. The van der Waals surface area contributed by atoms with Crippen molar-refractivity contribution < 1.29 is 35.1 Å². The predicted octanol–water partition coefficient (Wildman–Crippen LogP) is -1.45. The molecule has 9 nitrogen and oxygen atoms in total. The summed E-state index contributed by atoms with van der Waals surface area (Å²) < 4.78 is 5.33. The molecule has 26 heavy (non-hydrogen) atoms. The molecule has 0 amide bonds. The Labute approximate surface area is 148 Å². The minimum Gasteiger partial charge on any atom is -0.480 e. The third-order valence-electron chi connectivity index (χ3n) is 4.65.